The second kappa shape index (κ2) is 6.09. The summed E-state index contributed by atoms with van der Waals surface area (Å²) in [5, 5.41) is 8.79. The van der Waals surface area contributed by atoms with Gasteiger partial charge in [0.15, 0.2) is 0 Å². The molecule has 0 unspecified atom stereocenters. The number of carbonyl (C=O) groups is 1. The van der Waals surface area contributed by atoms with E-state index in [1.165, 1.54) is 35.0 Å². The molecule has 2 aromatic carbocycles. The zero-order valence-corrected chi connectivity index (χ0v) is 12.1. The van der Waals surface area contributed by atoms with E-state index in [0.29, 0.717) is 11.3 Å². The minimum absolute atomic E-state index is 0.0255. The number of benzene rings is 2. The Morgan fingerprint density at radius 3 is 2.50 bits per heavy atom. The molecule has 0 aliphatic carbocycles. The molecule has 20 heavy (non-hydrogen) atoms. The maximum Gasteiger partial charge on any atom is 0.335 e. The monoisotopic (exact) mass is 290 g/mol. The largest absolute Gasteiger partial charge is 0.478 e. The summed E-state index contributed by atoms with van der Waals surface area (Å²) in [5.74, 6) is -1.10. The predicted octanol–water partition coefficient (Wildman–Crippen LogP) is 4.43. The van der Waals surface area contributed by atoms with Crippen LogP contribution in [-0.2, 0) is 5.75 Å². The highest BCUT2D eigenvalue weighted by atomic mass is 32.2. The van der Waals surface area contributed by atoms with Gasteiger partial charge in [0.2, 0.25) is 0 Å². The van der Waals surface area contributed by atoms with Crippen LogP contribution in [0.3, 0.4) is 0 Å². The third kappa shape index (κ3) is 3.39. The van der Waals surface area contributed by atoms with Crippen LogP contribution in [0.4, 0.5) is 4.39 Å². The summed E-state index contributed by atoms with van der Waals surface area (Å²) in [6.45, 7) is 4.09. The number of aryl methyl sites for hydroxylation is 2. The maximum atomic E-state index is 13.8. The molecule has 4 heteroatoms. The van der Waals surface area contributed by atoms with Crippen molar-refractivity contribution in [3.63, 3.8) is 0 Å². The number of hydrogen-bond donors (Lipinski definition) is 1. The van der Waals surface area contributed by atoms with Gasteiger partial charge in [-0.3, -0.25) is 0 Å². The van der Waals surface area contributed by atoms with Gasteiger partial charge in [-0.05, 0) is 54.8 Å². The average Bonchev–Trinajstić information content (AvgIpc) is 2.41. The van der Waals surface area contributed by atoms with Gasteiger partial charge in [0.1, 0.15) is 5.82 Å². The van der Waals surface area contributed by atoms with E-state index in [-0.39, 0.29) is 5.56 Å². The summed E-state index contributed by atoms with van der Waals surface area (Å²) in [6.07, 6.45) is 0. The molecule has 0 bridgehead atoms. The quantitative estimate of drug-likeness (QED) is 0.846. The van der Waals surface area contributed by atoms with E-state index in [4.69, 9.17) is 5.11 Å². The Kier molecular flexibility index (Phi) is 4.45. The van der Waals surface area contributed by atoms with Crippen molar-refractivity contribution in [1.82, 2.24) is 0 Å². The first-order chi connectivity index (χ1) is 9.47. The van der Waals surface area contributed by atoms with E-state index in [1.807, 2.05) is 26.0 Å². The first kappa shape index (κ1) is 14.6. The van der Waals surface area contributed by atoms with Crippen molar-refractivity contribution in [3.05, 3.63) is 64.5 Å². The van der Waals surface area contributed by atoms with Crippen molar-refractivity contribution in [2.45, 2.75) is 24.5 Å². The van der Waals surface area contributed by atoms with Crippen molar-refractivity contribution in [2.24, 2.45) is 0 Å². The number of carboxylic acids is 1. The SMILES string of the molecule is Cc1ccc(SCc2ccc(C(=O)O)cc2F)cc1C. The summed E-state index contributed by atoms with van der Waals surface area (Å²) in [4.78, 5) is 11.8. The molecule has 1 N–H and O–H groups in total. The molecule has 2 rings (SSSR count). The lowest BCUT2D eigenvalue weighted by Gasteiger charge is -2.06. The molecular weight excluding hydrogens is 275 g/mol. The molecule has 2 nitrogen and oxygen atoms in total. The summed E-state index contributed by atoms with van der Waals surface area (Å²) < 4.78 is 13.8. The van der Waals surface area contributed by atoms with Gasteiger partial charge >= 0.3 is 5.97 Å². The molecule has 0 fully saturated rings. The van der Waals surface area contributed by atoms with E-state index < -0.39 is 11.8 Å². The van der Waals surface area contributed by atoms with Crippen LogP contribution in [-0.4, -0.2) is 11.1 Å². The van der Waals surface area contributed by atoms with Gasteiger partial charge in [-0.25, -0.2) is 9.18 Å². The van der Waals surface area contributed by atoms with E-state index in [9.17, 15) is 9.18 Å². The van der Waals surface area contributed by atoms with Crippen LogP contribution < -0.4 is 0 Å². The van der Waals surface area contributed by atoms with Gasteiger partial charge in [0, 0.05) is 10.6 Å². The molecule has 0 aliphatic rings. The maximum absolute atomic E-state index is 13.8. The van der Waals surface area contributed by atoms with Crippen LogP contribution in [0.1, 0.15) is 27.0 Å². The highest BCUT2D eigenvalue weighted by Gasteiger charge is 2.08. The molecule has 0 aliphatic heterocycles. The number of halogens is 1. The highest BCUT2D eigenvalue weighted by molar-refractivity contribution is 7.98. The highest BCUT2D eigenvalue weighted by Crippen LogP contribution is 2.26. The molecule has 0 saturated heterocycles. The summed E-state index contributed by atoms with van der Waals surface area (Å²) in [6, 6.07) is 10.2. The predicted molar refractivity (Wildman–Crippen MR) is 78.8 cm³/mol. The van der Waals surface area contributed by atoms with E-state index >= 15 is 0 Å². The fourth-order valence-corrected chi connectivity index (χ4v) is 2.74. The molecule has 0 amide bonds. The fourth-order valence-electron chi connectivity index (χ4n) is 1.76. The van der Waals surface area contributed by atoms with Gasteiger partial charge in [-0.15, -0.1) is 11.8 Å². The molecule has 0 aromatic heterocycles. The Balaban J connectivity index is 2.10. The molecular formula is C16H15FO2S. The third-order valence-corrected chi connectivity index (χ3v) is 4.22. The van der Waals surface area contributed by atoms with Crippen molar-refractivity contribution in [1.29, 1.82) is 0 Å². The third-order valence-electron chi connectivity index (χ3n) is 3.17. The van der Waals surface area contributed by atoms with Crippen LogP contribution in [0.2, 0.25) is 0 Å². The summed E-state index contributed by atoms with van der Waals surface area (Å²) in [7, 11) is 0. The molecule has 2 aromatic rings. The number of rotatable bonds is 4. The lowest BCUT2D eigenvalue weighted by atomic mass is 10.1. The minimum Gasteiger partial charge on any atom is -0.478 e. The smallest absolute Gasteiger partial charge is 0.335 e. The van der Waals surface area contributed by atoms with Gasteiger partial charge < -0.3 is 5.11 Å². The van der Waals surface area contributed by atoms with E-state index in [1.54, 1.807) is 0 Å². The van der Waals surface area contributed by atoms with Crippen LogP contribution >= 0.6 is 11.8 Å². The number of thioether (sulfide) groups is 1. The van der Waals surface area contributed by atoms with Crippen LogP contribution in [0.25, 0.3) is 0 Å². The average molecular weight is 290 g/mol. The first-order valence-corrected chi connectivity index (χ1v) is 7.17. The lowest BCUT2D eigenvalue weighted by molar-refractivity contribution is 0.0696. The van der Waals surface area contributed by atoms with Crippen molar-refractivity contribution >= 4 is 17.7 Å². The van der Waals surface area contributed by atoms with Crippen molar-refractivity contribution in [3.8, 4) is 0 Å². The number of aromatic carboxylic acids is 1. The Hall–Kier alpha value is -1.81. The summed E-state index contributed by atoms with van der Waals surface area (Å²) >= 11 is 1.54. The number of hydrogen-bond acceptors (Lipinski definition) is 2. The number of carboxylic acid groups (broad SMARTS) is 1. The molecule has 0 atom stereocenters. The molecule has 104 valence electrons. The first-order valence-electron chi connectivity index (χ1n) is 6.19. The Morgan fingerprint density at radius 1 is 1.15 bits per heavy atom. The van der Waals surface area contributed by atoms with Gasteiger partial charge in [-0.2, -0.15) is 0 Å². The Bertz CT molecular complexity index is 653. The van der Waals surface area contributed by atoms with Crippen molar-refractivity contribution in [2.75, 3.05) is 0 Å². The fraction of sp³-hybridized carbons (Fsp3) is 0.188. The van der Waals surface area contributed by atoms with E-state index in [2.05, 4.69) is 6.07 Å². The van der Waals surface area contributed by atoms with E-state index in [0.717, 1.165) is 11.0 Å². The molecule has 0 radical (unpaired) electrons. The molecule has 0 heterocycles. The van der Waals surface area contributed by atoms with Crippen LogP contribution in [0.5, 0.6) is 0 Å². The summed E-state index contributed by atoms with van der Waals surface area (Å²) in [5.41, 5.74) is 2.92. The van der Waals surface area contributed by atoms with Crippen molar-refractivity contribution < 1.29 is 14.3 Å². The lowest BCUT2D eigenvalue weighted by Crippen LogP contribution is -1.98. The normalized spacial score (nSPS) is 10.6. The molecule has 0 spiro atoms. The second-order valence-corrected chi connectivity index (χ2v) is 5.69. The Labute approximate surface area is 121 Å². The zero-order valence-electron chi connectivity index (χ0n) is 11.3. The standard InChI is InChI=1S/C16H15FO2S/c1-10-3-6-14(7-11(10)2)20-9-13-5-4-12(16(18)19)8-15(13)17/h3-8H,9H2,1-2H3,(H,18,19). The van der Waals surface area contributed by atoms with Gasteiger partial charge in [0.25, 0.3) is 0 Å². The van der Waals surface area contributed by atoms with Gasteiger partial charge in [0.05, 0.1) is 5.56 Å². The van der Waals surface area contributed by atoms with Gasteiger partial charge in [-0.1, -0.05) is 12.1 Å². The van der Waals surface area contributed by atoms with Crippen LogP contribution in [0.15, 0.2) is 41.3 Å². The molecule has 0 saturated carbocycles. The zero-order chi connectivity index (χ0) is 14.7. The van der Waals surface area contributed by atoms with Crippen LogP contribution in [0, 0.1) is 19.7 Å². The topological polar surface area (TPSA) is 37.3 Å². The minimum atomic E-state index is -1.11. The second-order valence-electron chi connectivity index (χ2n) is 4.65. The Morgan fingerprint density at radius 2 is 1.90 bits per heavy atom.